The van der Waals surface area contributed by atoms with Crippen molar-refractivity contribution in [2.45, 2.75) is 19.8 Å². The number of hydrogen-bond acceptors (Lipinski definition) is 1. The minimum Gasteiger partial charge on any atom is -0.465 e. The summed E-state index contributed by atoms with van der Waals surface area (Å²) in [5, 5.41) is 0. The summed E-state index contributed by atoms with van der Waals surface area (Å²) in [6, 6.07) is 12.1. The highest BCUT2D eigenvalue weighted by atomic mass is 16.3. The fourth-order valence-corrected chi connectivity index (χ4v) is 1.71. The molecule has 1 heterocycles. The molecule has 0 saturated heterocycles. The summed E-state index contributed by atoms with van der Waals surface area (Å²) in [7, 11) is 0. The van der Waals surface area contributed by atoms with Crippen LogP contribution in [0.3, 0.4) is 0 Å². The lowest BCUT2D eigenvalue weighted by Gasteiger charge is -2.08. The van der Waals surface area contributed by atoms with Crippen LogP contribution in [0.5, 0.6) is 0 Å². The van der Waals surface area contributed by atoms with Crippen LogP contribution in [0, 0.1) is 26.2 Å². The van der Waals surface area contributed by atoms with E-state index in [1.807, 2.05) is 19.1 Å². The van der Waals surface area contributed by atoms with Gasteiger partial charge in [-0.1, -0.05) is 35.7 Å². The maximum absolute atomic E-state index is 5.58. The van der Waals surface area contributed by atoms with E-state index in [2.05, 4.69) is 37.1 Å². The largest absolute Gasteiger partial charge is 0.465 e. The Balaban J connectivity index is 2.37. The van der Waals surface area contributed by atoms with Crippen molar-refractivity contribution < 1.29 is 4.42 Å². The smallest absolute Gasteiger partial charge is 0.123 e. The van der Waals surface area contributed by atoms with Gasteiger partial charge in [0.2, 0.25) is 0 Å². The van der Waals surface area contributed by atoms with E-state index in [0.717, 1.165) is 17.1 Å². The Labute approximate surface area is 96.1 Å². The fourth-order valence-electron chi connectivity index (χ4n) is 1.71. The SMILES string of the molecule is C#CC(c1ccc(C)cc1)c1ccc(C)o1. The van der Waals surface area contributed by atoms with Crippen molar-refractivity contribution in [2.75, 3.05) is 0 Å². The molecule has 1 aromatic heterocycles. The predicted octanol–water partition coefficient (Wildman–Crippen LogP) is 3.66. The van der Waals surface area contributed by atoms with Crippen LogP contribution in [0.15, 0.2) is 40.8 Å². The van der Waals surface area contributed by atoms with Gasteiger partial charge in [0, 0.05) is 0 Å². The summed E-state index contributed by atoms with van der Waals surface area (Å²) in [6.07, 6.45) is 5.57. The van der Waals surface area contributed by atoms with Gasteiger partial charge in [0.1, 0.15) is 17.4 Å². The molecule has 0 saturated carbocycles. The Morgan fingerprint density at radius 2 is 1.75 bits per heavy atom. The molecule has 0 bridgehead atoms. The molecule has 2 rings (SSSR count). The van der Waals surface area contributed by atoms with Crippen molar-refractivity contribution in [2.24, 2.45) is 0 Å². The summed E-state index contributed by atoms with van der Waals surface area (Å²) < 4.78 is 5.58. The molecule has 0 N–H and O–H groups in total. The second-order valence-electron chi connectivity index (χ2n) is 3.96. The van der Waals surface area contributed by atoms with Gasteiger partial charge in [0.05, 0.1) is 0 Å². The zero-order valence-corrected chi connectivity index (χ0v) is 9.53. The maximum Gasteiger partial charge on any atom is 0.123 e. The second kappa shape index (κ2) is 4.28. The lowest BCUT2D eigenvalue weighted by atomic mass is 9.97. The molecule has 1 nitrogen and oxygen atoms in total. The van der Waals surface area contributed by atoms with Crippen molar-refractivity contribution >= 4 is 0 Å². The van der Waals surface area contributed by atoms with Gasteiger partial charge in [-0.05, 0) is 31.5 Å². The molecular weight excluding hydrogens is 196 g/mol. The Morgan fingerprint density at radius 3 is 2.25 bits per heavy atom. The Morgan fingerprint density at radius 1 is 1.06 bits per heavy atom. The van der Waals surface area contributed by atoms with Gasteiger partial charge in [-0.2, -0.15) is 0 Å². The fraction of sp³-hybridized carbons (Fsp3) is 0.200. The highest BCUT2D eigenvalue weighted by Crippen LogP contribution is 2.25. The number of terminal acetylenes is 1. The van der Waals surface area contributed by atoms with Crippen molar-refractivity contribution in [1.29, 1.82) is 0 Å². The quantitative estimate of drug-likeness (QED) is 0.689. The van der Waals surface area contributed by atoms with Crippen LogP contribution in [-0.2, 0) is 0 Å². The predicted molar refractivity (Wildman–Crippen MR) is 65.3 cm³/mol. The van der Waals surface area contributed by atoms with E-state index in [4.69, 9.17) is 10.8 Å². The lowest BCUT2D eigenvalue weighted by Crippen LogP contribution is -1.96. The topological polar surface area (TPSA) is 13.1 Å². The summed E-state index contributed by atoms with van der Waals surface area (Å²) in [4.78, 5) is 0. The highest BCUT2D eigenvalue weighted by molar-refractivity contribution is 5.36. The van der Waals surface area contributed by atoms with E-state index in [9.17, 15) is 0 Å². The zero-order chi connectivity index (χ0) is 11.5. The van der Waals surface area contributed by atoms with Gasteiger partial charge in [-0.3, -0.25) is 0 Å². The van der Waals surface area contributed by atoms with E-state index in [0.29, 0.717) is 0 Å². The first-order valence-corrected chi connectivity index (χ1v) is 5.29. The van der Waals surface area contributed by atoms with Gasteiger partial charge in [-0.25, -0.2) is 0 Å². The van der Waals surface area contributed by atoms with Gasteiger partial charge in [0.15, 0.2) is 0 Å². The first kappa shape index (κ1) is 10.6. The summed E-state index contributed by atoms with van der Waals surface area (Å²) in [5.74, 6) is 4.41. The number of furan rings is 1. The number of aryl methyl sites for hydroxylation is 2. The van der Waals surface area contributed by atoms with Crippen molar-refractivity contribution in [3.63, 3.8) is 0 Å². The van der Waals surface area contributed by atoms with E-state index in [1.165, 1.54) is 5.56 Å². The minimum atomic E-state index is -0.0886. The van der Waals surface area contributed by atoms with Crippen molar-refractivity contribution in [1.82, 2.24) is 0 Å². The second-order valence-corrected chi connectivity index (χ2v) is 3.96. The molecule has 0 amide bonds. The molecule has 0 aliphatic rings. The Bertz CT molecular complexity index is 511. The van der Waals surface area contributed by atoms with E-state index in [-0.39, 0.29) is 5.92 Å². The van der Waals surface area contributed by atoms with Gasteiger partial charge in [-0.15, -0.1) is 6.42 Å². The molecule has 1 unspecified atom stereocenters. The van der Waals surface area contributed by atoms with Crippen LogP contribution in [0.2, 0.25) is 0 Å². The van der Waals surface area contributed by atoms with Gasteiger partial charge < -0.3 is 4.42 Å². The Hall–Kier alpha value is -1.94. The lowest BCUT2D eigenvalue weighted by molar-refractivity contribution is 0.483. The van der Waals surface area contributed by atoms with Crippen LogP contribution in [-0.4, -0.2) is 0 Å². The molecule has 2 aromatic rings. The molecule has 0 aliphatic heterocycles. The number of rotatable bonds is 2. The molecule has 16 heavy (non-hydrogen) atoms. The molecule has 80 valence electrons. The molecule has 1 aromatic carbocycles. The van der Waals surface area contributed by atoms with E-state index in [1.54, 1.807) is 0 Å². The molecule has 0 aliphatic carbocycles. The highest BCUT2D eigenvalue weighted by Gasteiger charge is 2.14. The third-order valence-corrected chi connectivity index (χ3v) is 2.62. The summed E-state index contributed by atoms with van der Waals surface area (Å²) in [6.45, 7) is 3.98. The minimum absolute atomic E-state index is 0.0886. The van der Waals surface area contributed by atoms with Crippen LogP contribution in [0.1, 0.15) is 28.6 Å². The van der Waals surface area contributed by atoms with E-state index >= 15 is 0 Å². The molecule has 1 heteroatoms. The molecular formula is C15H14O. The van der Waals surface area contributed by atoms with Crippen LogP contribution < -0.4 is 0 Å². The monoisotopic (exact) mass is 210 g/mol. The average Bonchev–Trinajstić information content (AvgIpc) is 2.69. The summed E-state index contributed by atoms with van der Waals surface area (Å²) in [5.41, 5.74) is 2.33. The number of hydrogen-bond donors (Lipinski definition) is 0. The third kappa shape index (κ3) is 2.01. The first-order chi connectivity index (χ1) is 7.70. The van der Waals surface area contributed by atoms with Crippen LogP contribution >= 0.6 is 0 Å². The normalized spacial score (nSPS) is 12.1. The maximum atomic E-state index is 5.58. The van der Waals surface area contributed by atoms with Crippen LogP contribution in [0.4, 0.5) is 0 Å². The molecule has 0 radical (unpaired) electrons. The molecule has 0 spiro atoms. The summed E-state index contributed by atoms with van der Waals surface area (Å²) >= 11 is 0. The Kier molecular flexibility index (Phi) is 2.83. The van der Waals surface area contributed by atoms with Gasteiger partial charge >= 0.3 is 0 Å². The zero-order valence-electron chi connectivity index (χ0n) is 9.53. The number of benzene rings is 1. The average molecular weight is 210 g/mol. The first-order valence-electron chi connectivity index (χ1n) is 5.29. The standard InChI is InChI=1S/C15H14O/c1-4-14(15-10-7-12(3)16-15)13-8-5-11(2)6-9-13/h1,5-10,14H,2-3H3. The van der Waals surface area contributed by atoms with Gasteiger partial charge in [0.25, 0.3) is 0 Å². The van der Waals surface area contributed by atoms with Crippen molar-refractivity contribution in [3.8, 4) is 12.3 Å². The van der Waals surface area contributed by atoms with Crippen molar-refractivity contribution in [3.05, 3.63) is 59.0 Å². The molecule has 0 fully saturated rings. The molecule has 1 atom stereocenters. The third-order valence-electron chi connectivity index (χ3n) is 2.62. The van der Waals surface area contributed by atoms with Crippen LogP contribution in [0.25, 0.3) is 0 Å². The van der Waals surface area contributed by atoms with E-state index < -0.39 is 0 Å².